The highest BCUT2D eigenvalue weighted by atomic mass is 16.4. The third-order valence-electron chi connectivity index (χ3n) is 5.17. The van der Waals surface area contributed by atoms with Crippen molar-refractivity contribution in [3.63, 3.8) is 0 Å². The van der Waals surface area contributed by atoms with Gasteiger partial charge in [-0.3, -0.25) is 14.5 Å². The van der Waals surface area contributed by atoms with Crippen molar-refractivity contribution in [2.24, 2.45) is 7.05 Å². The van der Waals surface area contributed by atoms with Gasteiger partial charge in [0.1, 0.15) is 17.3 Å². The van der Waals surface area contributed by atoms with Gasteiger partial charge >= 0.3 is 0 Å². The van der Waals surface area contributed by atoms with Crippen LogP contribution in [0.3, 0.4) is 0 Å². The minimum absolute atomic E-state index is 0.0678. The van der Waals surface area contributed by atoms with Crippen molar-refractivity contribution in [3.8, 4) is 22.8 Å². The number of aromatic nitrogens is 4. The van der Waals surface area contributed by atoms with Crippen LogP contribution in [0.4, 0.5) is 5.82 Å². The van der Waals surface area contributed by atoms with Crippen molar-refractivity contribution in [3.05, 3.63) is 71.7 Å². The minimum atomic E-state index is -0.259. The van der Waals surface area contributed by atoms with Gasteiger partial charge in [0.2, 0.25) is 11.8 Å². The van der Waals surface area contributed by atoms with Crippen LogP contribution in [0.1, 0.15) is 29.4 Å². The Morgan fingerprint density at radius 1 is 1.14 bits per heavy atom. The molecule has 0 bridgehead atoms. The Morgan fingerprint density at radius 2 is 1.93 bits per heavy atom. The van der Waals surface area contributed by atoms with E-state index in [1.54, 1.807) is 10.9 Å². The van der Waals surface area contributed by atoms with E-state index in [-0.39, 0.29) is 18.2 Å². The van der Waals surface area contributed by atoms with Gasteiger partial charge in [-0.15, -0.1) is 0 Å². The summed E-state index contributed by atoms with van der Waals surface area (Å²) < 4.78 is 7.66. The van der Waals surface area contributed by atoms with E-state index < -0.39 is 0 Å². The maximum absolute atomic E-state index is 12.5. The molecule has 0 saturated heterocycles. The van der Waals surface area contributed by atoms with Crippen LogP contribution < -0.4 is 5.32 Å². The summed E-state index contributed by atoms with van der Waals surface area (Å²) in [7, 11) is 1.82. The van der Waals surface area contributed by atoms with Crippen molar-refractivity contribution < 1.29 is 9.21 Å². The number of hydrogen-bond acceptors (Lipinski definition) is 5. The van der Waals surface area contributed by atoms with E-state index >= 15 is 0 Å². The van der Waals surface area contributed by atoms with Crippen LogP contribution in [-0.2, 0) is 11.8 Å². The highest BCUT2D eigenvalue weighted by molar-refractivity contribution is 5.96. The summed E-state index contributed by atoms with van der Waals surface area (Å²) in [6.45, 7) is 1.89. The number of oxazole rings is 1. The molecule has 7 heteroatoms. The third kappa shape index (κ3) is 2.91. The predicted molar refractivity (Wildman–Crippen MR) is 108 cm³/mol. The quantitative estimate of drug-likeness (QED) is 0.578. The molecule has 0 spiro atoms. The number of hydrogen-bond donors (Lipinski definition) is 1. The second-order valence-electron chi connectivity index (χ2n) is 7.08. The Morgan fingerprint density at radius 3 is 2.69 bits per heavy atom. The van der Waals surface area contributed by atoms with Crippen LogP contribution in [0.25, 0.3) is 22.8 Å². The Bertz CT molecular complexity index is 1190. The van der Waals surface area contributed by atoms with Gasteiger partial charge in [0.05, 0.1) is 11.4 Å². The number of nitrogens with zero attached hydrogens (tertiary/aromatic N) is 4. The van der Waals surface area contributed by atoms with E-state index in [1.165, 1.54) is 0 Å². The molecule has 1 aliphatic rings. The summed E-state index contributed by atoms with van der Waals surface area (Å²) in [6.07, 6.45) is 2.02. The molecule has 4 aromatic rings. The summed E-state index contributed by atoms with van der Waals surface area (Å²) in [4.78, 5) is 21.7. The number of benzene rings is 1. The first-order chi connectivity index (χ1) is 14.1. The molecule has 1 amide bonds. The molecule has 0 saturated carbocycles. The minimum Gasteiger partial charge on any atom is -0.441 e. The molecular weight excluding hydrogens is 366 g/mol. The zero-order valence-corrected chi connectivity index (χ0v) is 16.1. The summed E-state index contributed by atoms with van der Waals surface area (Å²) in [5.41, 5.74) is 4.08. The number of amides is 1. The van der Waals surface area contributed by atoms with Crippen molar-refractivity contribution in [1.29, 1.82) is 0 Å². The molecule has 5 rings (SSSR count). The Labute approximate surface area is 167 Å². The molecule has 4 heterocycles. The van der Waals surface area contributed by atoms with Crippen LogP contribution in [-0.4, -0.2) is 25.7 Å². The number of rotatable bonds is 3. The Hall–Kier alpha value is -3.74. The van der Waals surface area contributed by atoms with Gasteiger partial charge in [0, 0.05) is 36.7 Å². The average molecular weight is 385 g/mol. The van der Waals surface area contributed by atoms with Crippen LogP contribution in [0.5, 0.6) is 0 Å². The lowest BCUT2D eigenvalue weighted by Crippen LogP contribution is -2.25. The van der Waals surface area contributed by atoms with Crippen LogP contribution in [0, 0.1) is 6.92 Å². The highest BCUT2D eigenvalue weighted by Gasteiger charge is 2.36. The predicted octanol–water partition coefficient (Wildman–Crippen LogP) is 3.92. The van der Waals surface area contributed by atoms with Crippen LogP contribution >= 0.6 is 0 Å². The van der Waals surface area contributed by atoms with Crippen molar-refractivity contribution >= 4 is 11.7 Å². The molecule has 7 nitrogen and oxygen atoms in total. The standard InChI is InChI=1S/C22H19N5O2/c1-13-19(25-22(29-13)14-8-4-3-5-9-14)15-12-17(28)24-21-18(15)20(26-27(21)2)16-10-6-7-11-23-16/h3-11,15H,12H2,1-2H3,(H,24,28)/t15-/m0/s1. The number of carbonyl (C=O) groups excluding carboxylic acids is 1. The zero-order valence-electron chi connectivity index (χ0n) is 16.1. The van der Waals surface area contributed by atoms with Gasteiger partial charge in [0.25, 0.3) is 0 Å². The van der Waals surface area contributed by atoms with Gasteiger partial charge < -0.3 is 9.73 Å². The number of aryl methyl sites for hydroxylation is 2. The summed E-state index contributed by atoms with van der Waals surface area (Å²) in [5, 5.41) is 7.60. The van der Waals surface area contributed by atoms with Crippen LogP contribution in [0.2, 0.25) is 0 Å². The molecule has 0 unspecified atom stereocenters. The van der Waals surface area contributed by atoms with E-state index in [0.717, 1.165) is 28.2 Å². The first-order valence-corrected chi connectivity index (χ1v) is 9.42. The third-order valence-corrected chi connectivity index (χ3v) is 5.17. The number of anilines is 1. The van der Waals surface area contributed by atoms with E-state index in [4.69, 9.17) is 9.40 Å². The lowest BCUT2D eigenvalue weighted by molar-refractivity contribution is -0.116. The molecule has 1 atom stereocenters. The van der Waals surface area contributed by atoms with E-state index in [1.807, 2.05) is 62.5 Å². The maximum atomic E-state index is 12.5. The molecule has 0 radical (unpaired) electrons. The van der Waals surface area contributed by atoms with Gasteiger partial charge in [-0.1, -0.05) is 24.3 Å². The summed E-state index contributed by atoms with van der Waals surface area (Å²) in [5.74, 6) is 1.60. The maximum Gasteiger partial charge on any atom is 0.226 e. The van der Waals surface area contributed by atoms with Crippen molar-refractivity contribution in [2.75, 3.05) is 5.32 Å². The number of carbonyl (C=O) groups is 1. The molecule has 0 fully saturated rings. The van der Waals surface area contributed by atoms with Gasteiger partial charge in [0.15, 0.2) is 0 Å². The van der Waals surface area contributed by atoms with Crippen molar-refractivity contribution in [2.45, 2.75) is 19.3 Å². The van der Waals surface area contributed by atoms with E-state index in [0.29, 0.717) is 17.5 Å². The van der Waals surface area contributed by atoms with Gasteiger partial charge in [-0.2, -0.15) is 5.10 Å². The second-order valence-corrected chi connectivity index (χ2v) is 7.08. The largest absolute Gasteiger partial charge is 0.441 e. The Kier molecular flexibility index (Phi) is 4.01. The van der Waals surface area contributed by atoms with E-state index in [2.05, 4.69) is 15.4 Å². The molecule has 144 valence electrons. The smallest absolute Gasteiger partial charge is 0.226 e. The first kappa shape index (κ1) is 17.4. The zero-order chi connectivity index (χ0) is 20.0. The molecule has 1 aromatic carbocycles. The van der Waals surface area contributed by atoms with E-state index in [9.17, 15) is 4.79 Å². The summed E-state index contributed by atoms with van der Waals surface area (Å²) >= 11 is 0. The normalized spacial score (nSPS) is 15.8. The number of pyridine rings is 1. The fourth-order valence-corrected chi connectivity index (χ4v) is 3.85. The molecule has 29 heavy (non-hydrogen) atoms. The number of nitrogens with one attached hydrogen (secondary N) is 1. The molecule has 1 aliphatic heterocycles. The lowest BCUT2D eigenvalue weighted by atomic mass is 9.87. The average Bonchev–Trinajstić information content (AvgIpc) is 3.29. The SMILES string of the molecule is Cc1oc(-c2ccccc2)nc1[C@H]1CC(=O)Nc2c1c(-c1ccccn1)nn2C. The molecule has 3 aromatic heterocycles. The molecular formula is C22H19N5O2. The fourth-order valence-electron chi connectivity index (χ4n) is 3.85. The van der Waals surface area contributed by atoms with Crippen molar-refractivity contribution in [1.82, 2.24) is 19.7 Å². The Balaban J connectivity index is 1.67. The molecule has 1 N–H and O–H groups in total. The topological polar surface area (TPSA) is 85.8 Å². The van der Waals surface area contributed by atoms with Crippen LogP contribution in [0.15, 0.2) is 59.1 Å². The highest BCUT2D eigenvalue weighted by Crippen LogP contribution is 2.43. The first-order valence-electron chi connectivity index (χ1n) is 9.42. The monoisotopic (exact) mass is 385 g/mol. The fraction of sp³-hybridized carbons (Fsp3) is 0.182. The second kappa shape index (κ2) is 6.70. The number of fused-ring (bicyclic) bond motifs is 1. The molecule has 0 aliphatic carbocycles. The lowest BCUT2D eigenvalue weighted by Gasteiger charge is -2.22. The summed E-state index contributed by atoms with van der Waals surface area (Å²) in [6, 6.07) is 15.5. The van der Waals surface area contributed by atoms with Gasteiger partial charge in [-0.25, -0.2) is 4.98 Å². The van der Waals surface area contributed by atoms with Gasteiger partial charge in [-0.05, 0) is 31.2 Å².